The van der Waals surface area contributed by atoms with Crippen LogP contribution in [0.4, 0.5) is 11.4 Å². The molecule has 1 heterocycles. The van der Waals surface area contributed by atoms with Gasteiger partial charge in [0, 0.05) is 18.9 Å². The Morgan fingerprint density at radius 2 is 2.18 bits per heavy atom. The number of hydrogen-bond acceptors (Lipinski definition) is 2. The van der Waals surface area contributed by atoms with Crippen LogP contribution in [0.25, 0.3) is 0 Å². The summed E-state index contributed by atoms with van der Waals surface area (Å²) in [5.41, 5.74) is 1.50. The molecule has 0 saturated carbocycles. The Hall–Kier alpha value is -1.84. The van der Waals surface area contributed by atoms with Gasteiger partial charge in [-0.25, -0.2) is 0 Å². The maximum absolute atomic E-state index is 12.0. The van der Waals surface area contributed by atoms with Crippen molar-refractivity contribution in [2.45, 2.75) is 32.7 Å². The third kappa shape index (κ3) is 2.16. The third-order valence-electron chi connectivity index (χ3n) is 2.93. The van der Waals surface area contributed by atoms with E-state index in [0.717, 1.165) is 5.69 Å². The van der Waals surface area contributed by atoms with Crippen molar-refractivity contribution in [3.05, 3.63) is 24.3 Å². The molecule has 0 bridgehead atoms. The van der Waals surface area contributed by atoms with Gasteiger partial charge in [-0.1, -0.05) is 19.1 Å². The smallest absolute Gasteiger partial charge is 0.227 e. The molecule has 1 aromatic carbocycles. The number of carbonyl (C=O) groups excluding carboxylic acids is 2. The second-order valence-electron chi connectivity index (χ2n) is 4.24. The first-order valence-corrected chi connectivity index (χ1v) is 5.84. The topological polar surface area (TPSA) is 49.4 Å². The molecule has 0 radical (unpaired) electrons. The molecule has 2 rings (SSSR count). The fraction of sp³-hybridized carbons (Fsp3) is 0.385. The number of nitrogens with zero attached hydrogens (tertiary/aromatic N) is 1. The number of anilines is 2. The van der Waals surface area contributed by atoms with Crippen molar-refractivity contribution in [2.75, 3.05) is 10.2 Å². The van der Waals surface area contributed by atoms with Crippen molar-refractivity contribution in [1.82, 2.24) is 0 Å². The average molecular weight is 232 g/mol. The van der Waals surface area contributed by atoms with Crippen molar-refractivity contribution in [2.24, 2.45) is 0 Å². The van der Waals surface area contributed by atoms with E-state index in [4.69, 9.17) is 0 Å². The van der Waals surface area contributed by atoms with Crippen LogP contribution in [-0.2, 0) is 9.59 Å². The SMILES string of the molecule is CCC(=O)N1c2ccccc2NC(=O)CC1C. The molecule has 0 saturated heterocycles. The first-order valence-electron chi connectivity index (χ1n) is 5.84. The predicted octanol–water partition coefficient (Wildman–Crippen LogP) is 2.16. The monoisotopic (exact) mass is 232 g/mol. The Balaban J connectivity index is 2.49. The molecule has 1 aliphatic heterocycles. The van der Waals surface area contributed by atoms with E-state index in [2.05, 4.69) is 5.32 Å². The summed E-state index contributed by atoms with van der Waals surface area (Å²) in [5.74, 6) is -0.00203. The molecule has 1 N–H and O–H groups in total. The van der Waals surface area contributed by atoms with E-state index in [-0.39, 0.29) is 17.9 Å². The maximum Gasteiger partial charge on any atom is 0.227 e. The van der Waals surface area contributed by atoms with Crippen LogP contribution in [-0.4, -0.2) is 17.9 Å². The zero-order chi connectivity index (χ0) is 12.4. The van der Waals surface area contributed by atoms with E-state index >= 15 is 0 Å². The van der Waals surface area contributed by atoms with Crippen LogP contribution in [0, 0.1) is 0 Å². The van der Waals surface area contributed by atoms with Crippen LogP contribution in [0.3, 0.4) is 0 Å². The summed E-state index contributed by atoms with van der Waals surface area (Å²) in [6.07, 6.45) is 0.771. The number of benzene rings is 1. The molecule has 1 unspecified atom stereocenters. The maximum atomic E-state index is 12.0. The summed E-state index contributed by atoms with van der Waals surface area (Å²) in [6, 6.07) is 7.31. The van der Waals surface area contributed by atoms with Gasteiger partial charge in [0.05, 0.1) is 11.4 Å². The lowest BCUT2D eigenvalue weighted by atomic mass is 10.1. The van der Waals surface area contributed by atoms with Crippen molar-refractivity contribution < 1.29 is 9.59 Å². The Labute approximate surface area is 101 Å². The molecule has 90 valence electrons. The molecule has 4 heteroatoms. The number of hydrogen-bond donors (Lipinski definition) is 1. The van der Waals surface area contributed by atoms with Gasteiger partial charge in [0.25, 0.3) is 0 Å². The molecule has 2 amide bonds. The lowest BCUT2D eigenvalue weighted by Gasteiger charge is -2.27. The summed E-state index contributed by atoms with van der Waals surface area (Å²) in [5, 5.41) is 2.83. The van der Waals surface area contributed by atoms with Crippen LogP contribution < -0.4 is 10.2 Å². The van der Waals surface area contributed by atoms with Crippen molar-refractivity contribution in [3.63, 3.8) is 0 Å². The van der Waals surface area contributed by atoms with Crippen molar-refractivity contribution >= 4 is 23.2 Å². The van der Waals surface area contributed by atoms with Gasteiger partial charge in [0.1, 0.15) is 0 Å². The minimum Gasteiger partial charge on any atom is -0.324 e. The van der Waals surface area contributed by atoms with Crippen LogP contribution in [0.2, 0.25) is 0 Å². The van der Waals surface area contributed by atoms with Gasteiger partial charge in [-0.15, -0.1) is 0 Å². The van der Waals surface area contributed by atoms with E-state index in [9.17, 15) is 9.59 Å². The molecule has 17 heavy (non-hydrogen) atoms. The van der Waals surface area contributed by atoms with Gasteiger partial charge in [0.15, 0.2) is 0 Å². The Morgan fingerprint density at radius 1 is 1.47 bits per heavy atom. The van der Waals surface area contributed by atoms with Gasteiger partial charge in [-0.2, -0.15) is 0 Å². The van der Waals surface area contributed by atoms with Crippen LogP contribution >= 0.6 is 0 Å². The van der Waals surface area contributed by atoms with E-state index in [1.165, 1.54) is 0 Å². The number of carbonyl (C=O) groups is 2. The fourth-order valence-electron chi connectivity index (χ4n) is 2.14. The van der Waals surface area contributed by atoms with Gasteiger partial charge in [-0.05, 0) is 19.1 Å². The van der Waals surface area contributed by atoms with Gasteiger partial charge >= 0.3 is 0 Å². The zero-order valence-corrected chi connectivity index (χ0v) is 10.1. The highest BCUT2D eigenvalue weighted by Gasteiger charge is 2.28. The van der Waals surface area contributed by atoms with E-state index < -0.39 is 0 Å². The standard InChI is InChI=1S/C13H16N2O2/c1-3-13(17)15-9(2)8-12(16)14-10-6-4-5-7-11(10)15/h4-7,9H,3,8H2,1-2H3,(H,14,16). The Bertz CT molecular complexity index is 456. The summed E-state index contributed by atoms with van der Waals surface area (Å²) in [6.45, 7) is 3.73. The minimum absolute atomic E-state index is 0.0430. The summed E-state index contributed by atoms with van der Waals surface area (Å²) < 4.78 is 0. The number of para-hydroxylation sites is 2. The highest BCUT2D eigenvalue weighted by molar-refractivity contribution is 6.04. The second kappa shape index (κ2) is 4.57. The fourth-order valence-corrected chi connectivity index (χ4v) is 2.14. The first kappa shape index (κ1) is 11.6. The molecule has 1 aromatic rings. The lowest BCUT2D eigenvalue weighted by Crippen LogP contribution is -2.38. The highest BCUT2D eigenvalue weighted by atomic mass is 16.2. The molecule has 0 aliphatic carbocycles. The number of rotatable bonds is 1. The van der Waals surface area contributed by atoms with Crippen molar-refractivity contribution in [1.29, 1.82) is 0 Å². The molecular formula is C13H16N2O2. The normalized spacial score (nSPS) is 19.3. The molecule has 1 atom stereocenters. The van der Waals surface area contributed by atoms with Gasteiger partial charge in [0.2, 0.25) is 11.8 Å². The largest absolute Gasteiger partial charge is 0.324 e. The molecule has 4 nitrogen and oxygen atoms in total. The van der Waals surface area contributed by atoms with Gasteiger partial charge in [-0.3, -0.25) is 9.59 Å². The first-order chi connectivity index (χ1) is 8.13. The van der Waals surface area contributed by atoms with Crippen molar-refractivity contribution in [3.8, 4) is 0 Å². The van der Waals surface area contributed by atoms with E-state index in [0.29, 0.717) is 18.5 Å². The van der Waals surface area contributed by atoms with E-state index in [1.807, 2.05) is 38.1 Å². The van der Waals surface area contributed by atoms with Crippen LogP contribution in [0.15, 0.2) is 24.3 Å². The van der Waals surface area contributed by atoms with Crippen LogP contribution in [0.1, 0.15) is 26.7 Å². The second-order valence-corrected chi connectivity index (χ2v) is 4.24. The molecule has 0 spiro atoms. The molecule has 0 aromatic heterocycles. The number of fused-ring (bicyclic) bond motifs is 1. The molecule has 1 aliphatic rings. The third-order valence-corrected chi connectivity index (χ3v) is 2.93. The van der Waals surface area contributed by atoms with Gasteiger partial charge < -0.3 is 10.2 Å². The quantitative estimate of drug-likeness (QED) is 0.806. The Morgan fingerprint density at radius 3 is 2.88 bits per heavy atom. The minimum atomic E-state index is -0.105. The van der Waals surface area contributed by atoms with Crippen LogP contribution in [0.5, 0.6) is 0 Å². The summed E-state index contributed by atoms with van der Waals surface area (Å²) in [4.78, 5) is 25.4. The summed E-state index contributed by atoms with van der Waals surface area (Å²) >= 11 is 0. The average Bonchev–Trinajstić information content (AvgIpc) is 2.42. The van der Waals surface area contributed by atoms with E-state index in [1.54, 1.807) is 4.90 Å². The summed E-state index contributed by atoms with van der Waals surface area (Å²) in [7, 11) is 0. The predicted molar refractivity (Wildman–Crippen MR) is 66.9 cm³/mol. The zero-order valence-electron chi connectivity index (χ0n) is 10.1. The highest BCUT2D eigenvalue weighted by Crippen LogP contribution is 2.31. The lowest BCUT2D eigenvalue weighted by molar-refractivity contribution is -0.119. The molecular weight excluding hydrogens is 216 g/mol. The Kier molecular flexibility index (Phi) is 3.13. The number of nitrogens with one attached hydrogen (secondary N) is 1. The molecule has 0 fully saturated rings. The number of amides is 2.